The Kier molecular flexibility index (Phi) is 7.07. The zero-order chi connectivity index (χ0) is 25.1. The normalized spacial score (nSPS) is 10.9. The van der Waals surface area contributed by atoms with Gasteiger partial charge in [0.05, 0.1) is 11.3 Å². The summed E-state index contributed by atoms with van der Waals surface area (Å²) in [6, 6.07) is 17.2. The lowest BCUT2D eigenvalue weighted by atomic mass is 10.1. The van der Waals surface area contributed by atoms with Crippen LogP contribution in [0.4, 0.5) is 14.5 Å². The van der Waals surface area contributed by atoms with Crippen LogP contribution in [0.2, 0.25) is 5.02 Å². The molecule has 2 N–H and O–H groups in total. The zero-order valence-electron chi connectivity index (χ0n) is 19.1. The Morgan fingerprint density at radius 1 is 1.06 bits per heavy atom. The van der Waals surface area contributed by atoms with Crippen LogP contribution in [-0.2, 0) is 6.61 Å². The number of halogens is 3. The number of aromatic nitrogens is 1. The largest absolute Gasteiger partial charge is 0.488 e. The third kappa shape index (κ3) is 5.30. The summed E-state index contributed by atoms with van der Waals surface area (Å²) < 4.78 is 35.2. The van der Waals surface area contributed by atoms with E-state index < -0.39 is 17.6 Å². The van der Waals surface area contributed by atoms with Gasteiger partial charge in [0.25, 0.3) is 0 Å². The van der Waals surface area contributed by atoms with Gasteiger partial charge in [0.15, 0.2) is 0 Å². The van der Waals surface area contributed by atoms with E-state index in [-0.39, 0.29) is 17.7 Å². The maximum absolute atomic E-state index is 14.1. The van der Waals surface area contributed by atoms with E-state index in [0.717, 1.165) is 11.8 Å². The quantitative estimate of drug-likeness (QED) is 0.273. The molecule has 0 spiro atoms. The highest BCUT2D eigenvalue weighted by Crippen LogP contribution is 2.36. The summed E-state index contributed by atoms with van der Waals surface area (Å²) in [5, 5.41) is 13.3. The van der Waals surface area contributed by atoms with E-state index in [1.165, 1.54) is 12.1 Å². The van der Waals surface area contributed by atoms with Gasteiger partial charge in [-0.25, -0.2) is 13.6 Å². The summed E-state index contributed by atoms with van der Waals surface area (Å²) in [6.45, 7) is 4.35. The number of carbonyl (C=O) groups is 1. The molecule has 5 nitrogen and oxygen atoms in total. The van der Waals surface area contributed by atoms with Crippen LogP contribution >= 0.6 is 11.6 Å². The van der Waals surface area contributed by atoms with Crippen molar-refractivity contribution in [1.29, 1.82) is 0 Å². The SMILES string of the molecule is CCNc1cc(C(=O)O)cc(-n2c(C)ccc2-c2cc(Cl)ccc2OCc2ccc(F)cc2F)c1. The molecule has 4 aromatic rings. The van der Waals surface area contributed by atoms with Crippen molar-refractivity contribution in [3.05, 3.63) is 100 Å². The highest BCUT2D eigenvalue weighted by Gasteiger charge is 2.17. The van der Waals surface area contributed by atoms with E-state index in [2.05, 4.69) is 5.32 Å². The van der Waals surface area contributed by atoms with E-state index in [4.69, 9.17) is 16.3 Å². The molecule has 0 radical (unpaired) electrons. The second-order valence-electron chi connectivity index (χ2n) is 7.96. The summed E-state index contributed by atoms with van der Waals surface area (Å²) in [4.78, 5) is 11.8. The van der Waals surface area contributed by atoms with Gasteiger partial charge in [-0.3, -0.25) is 0 Å². The van der Waals surface area contributed by atoms with Gasteiger partial charge in [-0.05, 0) is 74.5 Å². The first kappa shape index (κ1) is 24.3. The number of carboxylic acids is 1. The van der Waals surface area contributed by atoms with E-state index in [9.17, 15) is 18.7 Å². The van der Waals surface area contributed by atoms with Gasteiger partial charge in [0.2, 0.25) is 0 Å². The number of hydrogen-bond donors (Lipinski definition) is 2. The first-order valence-electron chi connectivity index (χ1n) is 10.9. The second-order valence-corrected chi connectivity index (χ2v) is 8.40. The summed E-state index contributed by atoms with van der Waals surface area (Å²) in [5.74, 6) is -1.95. The Labute approximate surface area is 206 Å². The molecule has 8 heteroatoms. The van der Waals surface area contributed by atoms with Gasteiger partial charge < -0.3 is 19.7 Å². The number of ether oxygens (including phenoxy) is 1. The van der Waals surface area contributed by atoms with Crippen LogP contribution in [-0.4, -0.2) is 22.2 Å². The summed E-state index contributed by atoms with van der Waals surface area (Å²) in [6.07, 6.45) is 0. The molecule has 35 heavy (non-hydrogen) atoms. The Bertz CT molecular complexity index is 1400. The molecule has 0 saturated carbocycles. The number of hydrogen-bond acceptors (Lipinski definition) is 3. The van der Waals surface area contributed by atoms with Gasteiger partial charge in [-0.2, -0.15) is 0 Å². The van der Waals surface area contributed by atoms with Crippen LogP contribution < -0.4 is 10.1 Å². The molecule has 0 unspecified atom stereocenters. The van der Waals surface area contributed by atoms with Gasteiger partial charge >= 0.3 is 5.97 Å². The first-order valence-corrected chi connectivity index (χ1v) is 11.3. The summed E-state index contributed by atoms with van der Waals surface area (Å²) >= 11 is 6.31. The van der Waals surface area contributed by atoms with Crippen molar-refractivity contribution in [2.75, 3.05) is 11.9 Å². The van der Waals surface area contributed by atoms with Crippen molar-refractivity contribution in [3.63, 3.8) is 0 Å². The number of aryl methyl sites for hydroxylation is 1. The number of carboxylic acid groups (broad SMARTS) is 1. The minimum atomic E-state index is -1.04. The Balaban J connectivity index is 1.79. The van der Waals surface area contributed by atoms with Crippen molar-refractivity contribution in [2.24, 2.45) is 0 Å². The third-order valence-electron chi connectivity index (χ3n) is 5.50. The Hall–Kier alpha value is -3.84. The molecule has 0 saturated heterocycles. The van der Waals surface area contributed by atoms with Crippen LogP contribution in [0.3, 0.4) is 0 Å². The first-order chi connectivity index (χ1) is 16.8. The lowest BCUT2D eigenvalue weighted by Gasteiger charge is -2.18. The lowest BCUT2D eigenvalue weighted by molar-refractivity contribution is 0.0697. The van der Waals surface area contributed by atoms with Crippen molar-refractivity contribution in [3.8, 4) is 22.7 Å². The highest BCUT2D eigenvalue weighted by atomic mass is 35.5. The molecule has 0 fully saturated rings. The maximum atomic E-state index is 14.1. The van der Waals surface area contributed by atoms with Crippen LogP contribution in [0, 0.1) is 18.6 Å². The fourth-order valence-corrected chi connectivity index (χ4v) is 4.06. The van der Waals surface area contributed by atoms with Gasteiger partial charge in [-0.15, -0.1) is 0 Å². The average Bonchev–Trinajstić information content (AvgIpc) is 3.20. The van der Waals surface area contributed by atoms with E-state index in [1.807, 2.05) is 36.6 Å². The van der Waals surface area contributed by atoms with Crippen LogP contribution in [0.25, 0.3) is 16.9 Å². The molecule has 180 valence electrons. The van der Waals surface area contributed by atoms with E-state index in [1.54, 1.807) is 30.3 Å². The molecule has 1 heterocycles. The Morgan fingerprint density at radius 2 is 1.86 bits per heavy atom. The molecule has 0 aliphatic carbocycles. The van der Waals surface area contributed by atoms with Crippen molar-refractivity contribution < 1.29 is 23.4 Å². The van der Waals surface area contributed by atoms with Crippen molar-refractivity contribution >= 4 is 23.3 Å². The minimum Gasteiger partial charge on any atom is -0.488 e. The monoisotopic (exact) mass is 496 g/mol. The second kappa shape index (κ2) is 10.2. The van der Waals surface area contributed by atoms with Gasteiger partial charge in [0.1, 0.15) is 24.0 Å². The predicted molar refractivity (Wildman–Crippen MR) is 133 cm³/mol. The van der Waals surface area contributed by atoms with Crippen LogP contribution in [0.1, 0.15) is 28.5 Å². The number of rotatable bonds is 8. The maximum Gasteiger partial charge on any atom is 0.335 e. The summed E-state index contributed by atoms with van der Waals surface area (Å²) in [7, 11) is 0. The molecule has 4 rings (SSSR count). The Morgan fingerprint density at radius 3 is 2.57 bits per heavy atom. The molecule has 0 atom stereocenters. The van der Waals surface area contributed by atoms with Crippen molar-refractivity contribution in [2.45, 2.75) is 20.5 Å². The lowest BCUT2D eigenvalue weighted by Crippen LogP contribution is -2.06. The number of nitrogens with one attached hydrogen (secondary N) is 1. The highest BCUT2D eigenvalue weighted by molar-refractivity contribution is 6.31. The standard InChI is InChI=1S/C27H23ClF2N2O3/c1-3-31-21-10-18(27(33)34)11-22(14-21)32-16(2)4-8-25(32)23-12-19(28)6-9-26(23)35-15-17-5-7-20(29)13-24(17)30/h4-14,31H,3,15H2,1-2H3,(H,33,34). The van der Waals surface area contributed by atoms with E-state index >= 15 is 0 Å². The smallest absolute Gasteiger partial charge is 0.335 e. The molecule has 0 amide bonds. The third-order valence-corrected chi connectivity index (χ3v) is 5.73. The van der Waals surface area contributed by atoms with Crippen LogP contribution in [0.5, 0.6) is 5.75 Å². The average molecular weight is 497 g/mol. The topological polar surface area (TPSA) is 63.5 Å². The molecule has 0 aliphatic heterocycles. The number of anilines is 1. The molecule has 1 aromatic heterocycles. The molecular formula is C27H23ClF2N2O3. The number of benzene rings is 3. The fourth-order valence-electron chi connectivity index (χ4n) is 3.88. The van der Waals surface area contributed by atoms with Gasteiger partial charge in [-0.1, -0.05) is 11.6 Å². The minimum absolute atomic E-state index is 0.112. The fraction of sp³-hybridized carbons (Fsp3) is 0.148. The molecule has 0 bridgehead atoms. The predicted octanol–water partition coefficient (Wildman–Crippen LogP) is 7.09. The zero-order valence-corrected chi connectivity index (χ0v) is 19.9. The van der Waals surface area contributed by atoms with Crippen LogP contribution in [0.15, 0.2) is 66.7 Å². The molecule has 0 aliphatic rings. The number of nitrogens with zero attached hydrogens (tertiary/aromatic N) is 1. The molecule has 3 aromatic carbocycles. The van der Waals surface area contributed by atoms with Gasteiger partial charge in [0, 0.05) is 45.8 Å². The van der Waals surface area contributed by atoms with Crippen molar-refractivity contribution in [1.82, 2.24) is 4.57 Å². The molecular weight excluding hydrogens is 474 g/mol. The summed E-state index contributed by atoms with van der Waals surface area (Å²) in [5.41, 5.74) is 3.89. The van der Waals surface area contributed by atoms with E-state index in [0.29, 0.717) is 39.9 Å². The number of aromatic carboxylic acids is 1.